The van der Waals surface area contributed by atoms with Gasteiger partial charge in [-0.25, -0.2) is 0 Å². The highest BCUT2D eigenvalue weighted by molar-refractivity contribution is 7.80. The maximum absolute atomic E-state index is 5.76. The largest absolute Gasteiger partial charge is 0.467 e. The van der Waals surface area contributed by atoms with Gasteiger partial charge in [0.05, 0.1) is 42.5 Å². The first-order valence-electron chi connectivity index (χ1n) is 9.81. The second kappa shape index (κ2) is 7.76. The molecule has 5 heterocycles. The number of aryl methyl sites for hydroxylation is 1. The van der Waals surface area contributed by atoms with Gasteiger partial charge in [-0.15, -0.1) is 0 Å². The van der Waals surface area contributed by atoms with Crippen LogP contribution in [0, 0.1) is 6.92 Å². The van der Waals surface area contributed by atoms with Crippen molar-refractivity contribution < 1.29 is 4.42 Å². The van der Waals surface area contributed by atoms with E-state index in [1.54, 1.807) is 12.5 Å². The molecule has 1 fully saturated rings. The van der Waals surface area contributed by atoms with E-state index in [0.29, 0.717) is 11.7 Å². The summed E-state index contributed by atoms with van der Waals surface area (Å²) in [6, 6.07) is 18.0. The molecule has 0 aromatic carbocycles. The third-order valence-corrected chi connectivity index (χ3v) is 5.77. The molecule has 4 aromatic rings. The summed E-state index contributed by atoms with van der Waals surface area (Å²) in [6.45, 7) is 2.67. The second-order valence-corrected chi connectivity index (χ2v) is 7.67. The van der Waals surface area contributed by atoms with Gasteiger partial charge in [-0.1, -0.05) is 6.07 Å². The Labute approximate surface area is 180 Å². The second-order valence-electron chi connectivity index (χ2n) is 7.28. The Morgan fingerprint density at radius 2 is 2.00 bits per heavy atom. The number of pyridine rings is 2. The number of nitrogens with one attached hydrogen (secondary N) is 1. The topological polar surface area (TPSA) is 59.1 Å². The fourth-order valence-electron chi connectivity index (χ4n) is 4.10. The van der Waals surface area contributed by atoms with Crippen molar-refractivity contribution >= 4 is 17.3 Å². The molecule has 30 heavy (non-hydrogen) atoms. The average Bonchev–Trinajstić information content (AvgIpc) is 3.50. The van der Waals surface area contributed by atoms with Crippen molar-refractivity contribution in [2.45, 2.75) is 25.6 Å². The first kappa shape index (κ1) is 18.6. The van der Waals surface area contributed by atoms with Crippen LogP contribution in [0.5, 0.6) is 0 Å². The predicted molar refractivity (Wildman–Crippen MR) is 118 cm³/mol. The van der Waals surface area contributed by atoms with Crippen LogP contribution in [0.25, 0.3) is 5.69 Å². The van der Waals surface area contributed by atoms with Gasteiger partial charge in [-0.3, -0.25) is 9.97 Å². The summed E-state index contributed by atoms with van der Waals surface area (Å²) in [5.41, 5.74) is 4.22. The summed E-state index contributed by atoms with van der Waals surface area (Å²) in [5, 5.41) is 4.18. The lowest BCUT2D eigenvalue weighted by Crippen LogP contribution is -2.30. The Hall–Kier alpha value is -3.45. The van der Waals surface area contributed by atoms with E-state index in [0.717, 1.165) is 28.5 Å². The first-order valence-corrected chi connectivity index (χ1v) is 10.2. The molecule has 0 saturated carbocycles. The van der Waals surface area contributed by atoms with Crippen LogP contribution in [0.1, 0.15) is 34.9 Å². The highest BCUT2D eigenvalue weighted by atomic mass is 32.1. The summed E-state index contributed by atoms with van der Waals surface area (Å²) in [4.78, 5) is 11.1. The Bertz CT molecular complexity index is 1140. The van der Waals surface area contributed by atoms with Gasteiger partial charge in [0.25, 0.3) is 0 Å². The van der Waals surface area contributed by atoms with Crippen molar-refractivity contribution in [1.82, 2.24) is 24.8 Å². The molecule has 0 spiro atoms. The molecular formula is C23H21N5OS. The van der Waals surface area contributed by atoms with Gasteiger partial charge in [-0.05, 0) is 67.7 Å². The van der Waals surface area contributed by atoms with Crippen molar-refractivity contribution in [2.75, 3.05) is 0 Å². The zero-order chi connectivity index (χ0) is 20.5. The van der Waals surface area contributed by atoms with E-state index in [-0.39, 0.29) is 12.1 Å². The molecular weight excluding hydrogens is 394 g/mol. The normalized spacial score (nSPS) is 18.6. The third kappa shape index (κ3) is 3.27. The minimum absolute atomic E-state index is 0.0635. The summed E-state index contributed by atoms with van der Waals surface area (Å²) < 4.78 is 7.86. The Balaban J connectivity index is 1.64. The number of hydrogen-bond acceptors (Lipinski definition) is 4. The van der Waals surface area contributed by atoms with Gasteiger partial charge in [-0.2, -0.15) is 0 Å². The van der Waals surface area contributed by atoms with E-state index in [9.17, 15) is 0 Å². The highest BCUT2D eigenvalue weighted by Crippen LogP contribution is 2.40. The molecule has 0 amide bonds. The van der Waals surface area contributed by atoms with Gasteiger partial charge in [0.2, 0.25) is 0 Å². The van der Waals surface area contributed by atoms with Gasteiger partial charge in [0.15, 0.2) is 5.11 Å². The van der Waals surface area contributed by atoms with Gasteiger partial charge in [0.1, 0.15) is 5.76 Å². The molecule has 1 aliphatic heterocycles. The maximum Gasteiger partial charge on any atom is 0.170 e. The van der Waals surface area contributed by atoms with Crippen LogP contribution in [-0.4, -0.2) is 24.5 Å². The predicted octanol–water partition coefficient (Wildman–Crippen LogP) is 4.34. The summed E-state index contributed by atoms with van der Waals surface area (Å²) in [7, 11) is 0. The average molecular weight is 416 g/mol. The molecule has 0 unspecified atom stereocenters. The zero-order valence-corrected chi connectivity index (χ0v) is 17.3. The van der Waals surface area contributed by atoms with E-state index in [4.69, 9.17) is 16.6 Å². The van der Waals surface area contributed by atoms with E-state index in [2.05, 4.69) is 49.9 Å². The van der Waals surface area contributed by atoms with Crippen molar-refractivity contribution in [3.05, 3.63) is 102 Å². The van der Waals surface area contributed by atoms with Crippen molar-refractivity contribution in [1.29, 1.82) is 0 Å². The number of hydrogen-bond donors (Lipinski definition) is 1. The molecule has 5 rings (SSSR count). The number of nitrogens with zero attached hydrogens (tertiary/aromatic N) is 4. The molecule has 7 heteroatoms. The third-order valence-electron chi connectivity index (χ3n) is 5.42. The van der Waals surface area contributed by atoms with Crippen LogP contribution in [0.4, 0.5) is 0 Å². The number of furan rings is 1. The number of aromatic nitrogens is 3. The van der Waals surface area contributed by atoms with Crippen molar-refractivity contribution in [3.8, 4) is 5.69 Å². The van der Waals surface area contributed by atoms with E-state index >= 15 is 0 Å². The standard InChI is InChI=1S/C23H21N5OS/c1-16-9-10-20(28(16)17-6-4-11-24-14-17)22-21(19-8-2-3-12-25-19)26-23(30)27(22)15-18-7-5-13-29-18/h2-14,21-22H,15H2,1H3,(H,26,30)/t21-,22+/m1/s1. The number of rotatable bonds is 5. The van der Waals surface area contributed by atoms with Crippen molar-refractivity contribution in [3.63, 3.8) is 0 Å². The molecule has 150 valence electrons. The molecule has 0 radical (unpaired) electrons. The molecule has 2 atom stereocenters. The molecule has 6 nitrogen and oxygen atoms in total. The molecule has 1 N–H and O–H groups in total. The zero-order valence-electron chi connectivity index (χ0n) is 16.5. The SMILES string of the molecule is Cc1ccc([C@H]2[C@@H](c3ccccn3)NC(=S)N2Cc2ccco2)n1-c1cccnc1. The van der Waals surface area contributed by atoms with E-state index in [1.165, 1.54) is 0 Å². The monoisotopic (exact) mass is 415 g/mol. The minimum atomic E-state index is -0.0848. The van der Waals surface area contributed by atoms with Crippen LogP contribution in [0.15, 0.2) is 83.9 Å². The van der Waals surface area contributed by atoms with E-state index in [1.807, 2.05) is 48.8 Å². The van der Waals surface area contributed by atoms with Crippen molar-refractivity contribution in [2.24, 2.45) is 0 Å². The lowest BCUT2D eigenvalue weighted by molar-refractivity contribution is 0.280. The van der Waals surface area contributed by atoms with Gasteiger partial charge >= 0.3 is 0 Å². The van der Waals surface area contributed by atoms with Gasteiger partial charge in [0, 0.05) is 23.8 Å². The van der Waals surface area contributed by atoms with E-state index < -0.39 is 0 Å². The molecule has 0 aliphatic carbocycles. The first-order chi connectivity index (χ1) is 14.7. The van der Waals surface area contributed by atoms with Crippen LogP contribution >= 0.6 is 12.2 Å². The maximum atomic E-state index is 5.76. The highest BCUT2D eigenvalue weighted by Gasteiger charge is 2.41. The molecule has 1 aliphatic rings. The molecule has 1 saturated heterocycles. The van der Waals surface area contributed by atoms with Gasteiger partial charge < -0.3 is 19.2 Å². The summed E-state index contributed by atoms with van der Waals surface area (Å²) in [5.74, 6) is 0.863. The number of thiocarbonyl (C=S) groups is 1. The van der Waals surface area contributed by atoms with Crippen LogP contribution in [0.3, 0.4) is 0 Å². The Morgan fingerprint density at radius 1 is 1.07 bits per heavy atom. The summed E-state index contributed by atoms with van der Waals surface area (Å²) >= 11 is 5.76. The van der Waals surface area contributed by atoms with Crippen LogP contribution in [-0.2, 0) is 6.54 Å². The fourth-order valence-corrected chi connectivity index (χ4v) is 4.40. The fraction of sp³-hybridized carbons (Fsp3) is 0.174. The lowest BCUT2D eigenvalue weighted by atomic mass is 10.0. The van der Waals surface area contributed by atoms with Crippen LogP contribution in [0.2, 0.25) is 0 Å². The minimum Gasteiger partial charge on any atom is -0.467 e. The molecule has 4 aromatic heterocycles. The Kier molecular flexibility index (Phi) is 4.80. The lowest BCUT2D eigenvalue weighted by Gasteiger charge is -2.28. The smallest absolute Gasteiger partial charge is 0.170 e. The summed E-state index contributed by atoms with van der Waals surface area (Å²) in [6.07, 6.45) is 7.17. The van der Waals surface area contributed by atoms with Crippen LogP contribution < -0.4 is 5.32 Å². The Morgan fingerprint density at radius 3 is 2.73 bits per heavy atom. The quantitative estimate of drug-likeness (QED) is 0.489. The molecule has 0 bridgehead atoms.